The van der Waals surface area contributed by atoms with Crippen molar-refractivity contribution in [2.45, 2.75) is 26.0 Å². The summed E-state index contributed by atoms with van der Waals surface area (Å²) < 4.78 is 5.54. The van der Waals surface area contributed by atoms with Gasteiger partial charge in [0.2, 0.25) is 0 Å². The third kappa shape index (κ3) is 2.42. The van der Waals surface area contributed by atoms with E-state index in [9.17, 15) is 9.59 Å². The van der Waals surface area contributed by atoms with Gasteiger partial charge in [0.15, 0.2) is 5.69 Å². The second-order valence-corrected chi connectivity index (χ2v) is 5.40. The lowest BCUT2D eigenvalue weighted by molar-refractivity contribution is -0.0388. The average molecular weight is 287 g/mol. The van der Waals surface area contributed by atoms with Gasteiger partial charge in [-0.2, -0.15) is 5.10 Å². The molecule has 2 aromatic rings. The summed E-state index contributed by atoms with van der Waals surface area (Å²) in [6.07, 6.45) is -0.000763. The Morgan fingerprint density at radius 1 is 1.33 bits per heavy atom. The number of morpholine rings is 1. The number of H-pyrrole nitrogens is 1. The standard InChI is InChI=1S/C15H17N3O3/c1-9-8-21-10(2)7-18(9)15(20)13-11-5-3-4-6-12(11)14(19)17-16-13/h3-6,9-10H,7-8H2,1-2H3,(H,17,19). The molecule has 1 amide bonds. The van der Waals surface area contributed by atoms with Crippen LogP contribution in [0.15, 0.2) is 29.1 Å². The van der Waals surface area contributed by atoms with E-state index in [4.69, 9.17) is 4.74 Å². The van der Waals surface area contributed by atoms with E-state index in [0.717, 1.165) is 0 Å². The molecule has 1 saturated heterocycles. The summed E-state index contributed by atoms with van der Waals surface area (Å²) in [5.41, 5.74) is -0.00306. The Morgan fingerprint density at radius 3 is 2.81 bits per heavy atom. The molecule has 2 heterocycles. The number of fused-ring (bicyclic) bond motifs is 1. The van der Waals surface area contributed by atoms with E-state index in [0.29, 0.717) is 23.9 Å². The lowest BCUT2D eigenvalue weighted by Gasteiger charge is -2.36. The second-order valence-electron chi connectivity index (χ2n) is 5.40. The van der Waals surface area contributed by atoms with Crippen LogP contribution in [0.25, 0.3) is 10.8 Å². The highest BCUT2D eigenvalue weighted by Crippen LogP contribution is 2.18. The SMILES string of the molecule is CC1CN(C(=O)c2n[nH]c(=O)c3ccccc23)C(C)CO1. The molecule has 110 valence electrons. The number of amides is 1. The van der Waals surface area contributed by atoms with Crippen LogP contribution in [0.1, 0.15) is 24.3 Å². The molecular formula is C15H17N3O3. The van der Waals surface area contributed by atoms with Crippen LogP contribution in [-0.2, 0) is 4.74 Å². The molecule has 6 nitrogen and oxygen atoms in total. The summed E-state index contributed by atoms with van der Waals surface area (Å²) in [5, 5.41) is 7.43. The second kappa shape index (κ2) is 5.29. The number of benzene rings is 1. The number of aromatic amines is 1. The van der Waals surface area contributed by atoms with E-state index in [1.807, 2.05) is 13.8 Å². The maximum atomic E-state index is 12.8. The van der Waals surface area contributed by atoms with Gasteiger partial charge in [0.1, 0.15) is 0 Å². The molecule has 0 saturated carbocycles. The number of hydrogen-bond acceptors (Lipinski definition) is 4. The highest BCUT2D eigenvalue weighted by atomic mass is 16.5. The van der Waals surface area contributed by atoms with Crippen molar-refractivity contribution in [2.24, 2.45) is 0 Å². The summed E-state index contributed by atoms with van der Waals surface area (Å²) >= 11 is 0. The Balaban J connectivity index is 2.06. The topological polar surface area (TPSA) is 75.3 Å². The van der Waals surface area contributed by atoms with Crippen LogP contribution in [0.5, 0.6) is 0 Å². The highest BCUT2D eigenvalue weighted by molar-refractivity contribution is 6.04. The monoisotopic (exact) mass is 287 g/mol. The molecule has 3 rings (SSSR count). The maximum Gasteiger partial charge on any atom is 0.275 e. The van der Waals surface area contributed by atoms with Crippen LogP contribution in [0.4, 0.5) is 0 Å². The van der Waals surface area contributed by atoms with Crippen molar-refractivity contribution in [1.29, 1.82) is 0 Å². The van der Waals surface area contributed by atoms with Crippen LogP contribution in [-0.4, -0.2) is 46.3 Å². The number of ether oxygens (including phenoxy) is 1. The van der Waals surface area contributed by atoms with E-state index < -0.39 is 0 Å². The minimum atomic E-state index is -0.287. The minimum absolute atomic E-state index is 0.000763. The van der Waals surface area contributed by atoms with E-state index in [2.05, 4.69) is 10.2 Å². The van der Waals surface area contributed by atoms with Gasteiger partial charge in [0, 0.05) is 11.9 Å². The van der Waals surface area contributed by atoms with Crippen molar-refractivity contribution >= 4 is 16.7 Å². The number of aromatic nitrogens is 2. The largest absolute Gasteiger partial charge is 0.375 e. The van der Waals surface area contributed by atoms with Crippen molar-refractivity contribution in [3.05, 3.63) is 40.3 Å². The summed E-state index contributed by atoms with van der Waals surface area (Å²) in [5.74, 6) is -0.176. The van der Waals surface area contributed by atoms with Crippen molar-refractivity contribution < 1.29 is 9.53 Å². The molecule has 2 atom stereocenters. The zero-order chi connectivity index (χ0) is 15.0. The Kier molecular flexibility index (Phi) is 3.47. The summed E-state index contributed by atoms with van der Waals surface area (Å²) in [6.45, 7) is 4.91. The van der Waals surface area contributed by atoms with Gasteiger partial charge < -0.3 is 9.64 Å². The first-order valence-electron chi connectivity index (χ1n) is 6.98. The summed E-state index contributed by atoms with van der Waals surface area (Å²) in [4.78, 5) is 26.3. The number of carbonyl (C=O) groups excluding carboxylic acids is 1. The fourth-order valence-corrected chi connectivity index (χ4v) is 2.60. The molecule has 1 aliphatic heterocycles. The molecule has 21 heavy (non-hydrogen) atoms. The number of hydrogen-bond donors (Lipinski definition) is 1. The molecule has 1 aromatic carbocycles. The first-order chi connectivity index (χ1) is 10.1. The van der Waals surface area contributed by atoms with Crippen LogP contribution >= 0.6 is 0 Å². The van der Waals surface area contributed by atoms with E-state index in [1.165, 1.54) is 0 Å². The van der Waals surface area contributed by atoms with Crippen molar-refractivity contribution in [2.75, 3.05) is 13.2 Å². The molecule has 1 N–H and O–H groups in total. The molecule has 1 aliphatic rings. The molecule has 2 unspecified atom stereocenters. The number of nitrogens with zero attached hydrogens (tertiary/aromatic N) is 2. The van der Waals surface area contributed by atoms with Crippen LogP contribution in [0, 0.1) is 0 Å². The van der Waals surface area contributed by atoms with E-state index in [-0.39, 0.29) is 29.3 Å². The zero-order valence-electron chi connectivity index (χ0n) is 12.0. The van der Waals surface area contributed by atoms with E-state index in [1.54, 1.807) is 29.2 Å². The number of carbonyl (C=O) groups is 1. The van der Waals surface area contributed by atoms with Gasteiger partial charge in [-0.25, -0.2) is 5.10 Å². The lowest BCUT2D eigenvalue weighted by Crippen LogP contribution is -2.50. The van der Waals surface area contributed by atoms with Crippen LogP contribution in [0.2, 0.25) is 0 Å². The molecule has 1 fully saturated rings. The zero-order valence-corrected chi connectivity index (χ0v) is 12.0. The Bertz CT molecular complexity index is 740. The average Bonchev–Trinajstić information content (AvgIpc) is 2.50. The van der Waals surface area contributed by atoms with Gasteiger partial charge in [-0.1, -0.05) is 18.2 Å². The molecule has 0 spiro atoms. The normalized spacial score (nSPS) is 22.5. The van der Waals surface area contributed by atoms with Crippen molar-refractivity contribution in [3.8, 4) is 0 Å². The predicted molar refractivity (Wildman–Crippen MR) is 78.3 cm³/mol. The Morgan fingerprint density at radius 2 is 2.05 bits per heavy atom. The van der Waals surface area contributed by atoms with Gasteiger partial charge in [-0.05, 0) is 19.9 Å². The van der Waals surface area contributed by atoms with Crippen LogP contribution in [0.3, 0.4) is 0 Å². The first kappa shape index (κ1) is 13.8. The predicted octanol–water partition coefficient (Wildman–Crippen LogP) is 1.17. The first-order valence-corrected chi connectivity index (χ1v) is 6.98. The molecule has 0 aliphatic carbocycles. The van der Waals surface area contributed by atoms with E-state index >= 15 is 0 Å². The summed E-state index contributed by atoms with van der Waals surface area (Å²) in [7, 11) is 0. The van der Waals surface area contributed by atoms with Gasteiger partial charge in [0.05, 0.1) is 24.1 Å². The van der Waals surface area contributed by atoms with Gasteiger partial charge in [-0.15, -0.1) is 0 Å². The maximum absolute atomic E-state index is 12.8. The molecule has 1 aromatic heterocycles. The fourth-order valence-electron chi connectivity index (χ4n) is 2.60. The third-order valence-electron chi connectivity index (χ3n) is 3.77. The Hall–Kier alpha value is -2.21. The molecule has 0 bridgehead atoms. The molecule has 0 radical (unpaired) electrons. The third-order valence-corrected chi connectivity index (χ3v) is 3.77. The lowest BCUT2D eigenvalue weighted by atomic mass is 10.1. The number of rotatable bonds is 1. The quantitative estimate of drug-likeness (QED) is 0.854. The van der Waals surface area contributed by atoms with Crippen LogP contribution < -0.4 is 5.56 Å². The number of nitrogens with one attached hydrogen (secondary N) is 1. The smallest absolute Gasteiger partial charge is 0.275 e. The highest BCUT2D eigenvalue weighted by Gasteiger charge is 2.30. The Labute approximate surface area is 121 Å². The van der Waals surface area contributed by atoms with Crippen molar-refractivity contribution in [1.82, 2.24) is 15.1 Å². The molecule has 6 heteroatoms. The fraction of sp³-hybridized carbons (Fsp3) is 0.400. The van der Waals surface area contributed by atoms with Gasteiger partial charge in [-0.3, -0.25) is 9.59 Å². The minimum Gasteiger partial charge on any atom is -0.375 e. The summed E-state index contributed by atoms with van der Waals surface area (Å²) in [6, 6.07) is 7.00. The van der Waals surface area contributed by atoms with Gasteiger partial charge >= 0.3 is 0 Å². The van der Waals surface area contributed by atoms with Crippen molar-refractivity contribution in [3.63, 3.8) is 0 Å². The van der Waals surface area contributed by atoms with Gasteiger partial charge in [0.25, 0.3) is 11.5 Å². The molecular weight excluding hydrogens is 270 g/mol.